The Hall–Kier alpha value is -2.95. The molecule has 5 heteroatoms. The summed E-state index contributed by atoms with van der Waals surface area (Å²) in [5.41, 5.74) is 1.12. The van der Waals surface area contributed by atoms with Gasteiger partial charge in [0.15, 0.2) is 0 Å². The highest BCUT2D eigenvalue weighted by Crippen LogP contribution is 2.21. The van der Waals surface area contributed by atoms with Crippen LogP contribution in [0.15, 0.2) is 58.1 Å². The van der Waals surface area contributed by atoms with E-state index in [1.165, 1.54) is 18.4 Å². The molecule has 0 amide bonds. The van der Waals surface area contributed by atoms with Crippen molar-refractivity contribution in [2.45, 2.75) is 0 Å². The van der Waals surface area contributed by atoms with Crippen LogP contribution in [0, 0.1) is 0 Å². The van der Waals surface area contributed by atoms with E-state index in [0.717, 1.165) is 0 Å². The molecule has 0 aliphatic carbocycles. The predicted octanol–water partition coefficient (Wildman–Crippen LogP) is 2.39. The van der Waals surface area contributed by atoms with Crippen LogP contribution in [0.3, 0.4) is 0 Å². The molecule has 3 aromatic rings. The second-order valence-electron chi connectivity index (χ2n) is 4.07. The number of benzene rings is 1. The zero-order valence-corrected chi connectivity index (χ0v) is 10.3. The topological polar surface area (TPSA) is 69.4 Å². The molecule has 20 heavy (non-hydrogen) atoms. The monoisotopic (exact) mass is 267 g/mol. The highest BCUT2D eigenvalue weighted by atomic mass is 16.5. The summed E-state index contributed by atoms with van der Waals surface area (Å²) >= 11 is 0. The third kappa shape index (κ3) is 2.05. The molecule has 0 saturated carbocycles. The fraction of sp³-hybridized carbons (Fsp3) is 0. The maximum atomic E-state index is 12.4. The van der Waals surface area contributed by atoms with Crippen molar-refractivity contribution in [3.8, 4) is 17.0 Å². The molecule has 0 spiro atoms. The Kier molecular flexibility index (Phi) is 3.01. The first-order valence-corrected chi connectivity index (χ1v) is 5.87. The summed E-state index contributed by atoms with van der Waals surface area (Å²) in [5, 5.41) is 0.409. The first kappa shape index (κ1) is 12.1. The number of carbonyl (C=O) groups excluding carboxylic acids is 1. The van der Waals surface area contributed by atoms with Gasteiger partial charge in [-0.1, -0.05) is 6.07 Å². The molecule has 0 bridgehead atoms. The van der Waals surface area contributed by atoms with Crippen molar-refractivity contribution >= 4 is 17.4 Å². The molecule has 0 atom stereocenters. The van der Waals surface area contributed by atoms with Gasteiger partial charge in [0, 0.05) is 12.3 Å². The molecule has 0 saturated heterocycles. The Labute approximate surface area is 113 Å². The Balaban J connectivity index is 2.19. The van der Waals surface area contributed by atoms with E-state index in [9.17, 15) is 9.59 Å². The fourth-order valence-electron chi connectivity index (χ4n) is 1.94. The van der Waals surface area contributed by atoms with Crippen LogP contribution < -0.4 is 10.2 Å². The van der Waals surface area contributed by atoms with Crippen molar-refractivity contribution in [2.24, 2.45) is 0 Å². The maximum absolute atomic E-state index is 12.4. The Morgan fingerprint density at radius 1 is 1.20 bits per heavy atom. The van der Waals surface area contributed by atoms with Crippen molar-refractivity contribution in [3.63, 3.8) is 0 Å². The highest BCUT2D eigenvalue weighted by Gasteiger charge is 2.10. The molecule has 0 aliphatic heterocycles. The van der Waals surface area contributed by atoms with E-state index in [1.54, 1.807) is 30.5 Å². The molecular weight excluding hydrogens is 258 g/mol. The van der Waals surface area contributed by atoms with Crippen molar-refractivity contribution in [1.29, 1.82) is 0 Å². The van der Waals surface area contributed by atoms with E-state index in [-0.39, 0.29) is 5.43 Å². The van der Waals surface area contributed by atoms with Crippen LogP contribution in [0.1, 0.15) is 0 Å². The second kappa shape index (κ2) is 4.97. The minimum atomic E-state index is -0.178. The summed E-state index contributed by atoms with van der Waals surface area (Å²) in [5.74, 6) is 0.321. The van der Waals surface area contributed by atoms with E-state index in [1.807, 2.05) is 0 Å². The minimum absolute atomic E-state index is 0.178. The van der Waals surface area contributed by atoms with Gasteiger partial charge >= 0.3 is 0 Å². The van der Waals surface area contributed by atoms with E-state index < -0.39 is 0 Å². The number of fused-ring (bicyclic) bond motifs is 1. The molecular formula is C15H9NO4. The summed E-state index contributed by atoms with van der Waals surface area (Å²) in [6.45, 7) is 0.321. The van der Waals surface area contributed by atoms with Crippen molar-refractivity contribution < 1.29 is 13.9 Å². The smallest absolute Gasteiger partial charge is 0.298 e. The number of nitrogens with zero attached hydrogens (tertiary/aromatic N) is 1. The average molecular weight is 267 g/mol. The van der Waals surface area contributed by atoms with Gasteiger partial charge in [-0.05, 0) is 24.3 Å². The summed E-state index contributed by atoms with van der Waals surface area (Å²) in [7, 11) is 0. The van der Waals surface area contributed by atoms with Gasteiger partial charge in [0.2, 0.25) is 5.43 Å². The number of hydrogen-bond acceptors (Lipinski definition) is 5. The number of ether oxygens (including phenoxy) is 1. The van der Waals surface area contributed by atoms with Crippen LogP contribution in [0.5, 0.6) is 5.75 Å². The molecule has 2 heterocycles. The molecule has 0 fully saturated rings. The van der Waals surface area contributed by atoms with Crippen LogP contribution in [0.4, 0.5) is 0 Å². The third-order valence-electron chi connectivity index (χ3n) is 2.87. The lowest BCUT2D eigenvalue weighted by atomic mass is 10.1. The van der Waals surface area contributed by atoms with E-state index >= 15 is 0 Å². The zero-order chi connectivity index (χ0) is 13.9. The molecule has 3 rings (SSSR count). The number of pyridine rings is 1. The molecule has 5 nitrogen and oxygen atoms in total. The van der Waals surface area contributed by atoms with Gasteiger partial charge in [0.05, 0.1) is 16.6 Å². The highest BCUT2D eigenvalue weighted by molar-refractivity contribution is 5.82. The Morgan fingerprint density at radius 2 is 2.10 bits per heavy atom. The van der Waals surface area contributed by atoms with Crippen LogP contribution in [0.25, 0.3) is 22.2 Å². The van der Waals surface area contributed by atoms with Gasteiger partial charge in [0.25, 0.3) is 6.47 Å². The van der Waals surface area contributed by atoms with Gasteiger partial charge < -0.3 is 9.15 Å². The van der Waals surface area contributed by atoms with E-state index in [0.29, 0.717) is 34.4 Å². The lowest BCUT2D eigenvalue weighted by molar-refractivity contribution is -0.120. The first-order chi connectivity index (χ1) is 9.79. The van der Waals surface area contributed by atoms with Crippen LogP contribution in [-0.4, -0.2) is 11.5 Å². The van der Waals surface area contributed by atoms with E-state index in [4.69, 9.17) is 9.15 Å². The number of carbonyl (C=O) groups is 1. The fourth-order valence-corrected chi connectivity index (χ4v) is 1.94. The summed E-state index contributed by atoms with van der Waals surface area (Å²) in [6.07, 6.45) is 2.97. The largest absolute Gasteiger partial charge is 0.463 e. The third-order valence-corrected chi connectivity index (χ3v) is 2.87. The number of aromatic nitrogens is 1. The standard InChI is InChI=1S/C15H9NO4/c17-9-20-10-4-5-11-14(7-10)19-8-12(15(11)18)13-3-1-2-6-16-13/h1-9H. The van der Waals surface area contributed by atoms with Crippen molar-refractivity contribution in [2.75, 3.05) is 0 Å². The summed E-state index contributed by atoms with van der Waals surface area (Å²) in [6, 6.07) is 9.90. The van der Waals surface area contributed by atoms with Gasteiger partial charge in [-0.25, -0.2) is 0 Å². The Bertz CT molecular complexity index is 824. The SMILES string of the molecule is O=COc1ccc2c(=O)c(-c3ccccn3)coc2c1. The molecule has 0 unspecified atom stereocenters. The minimum Gasteiger partial charge on any atom is -0.463 e. The first-order valence-electron chi connectivity index (χ1n) is 5.87. The molecule has 0 radical (unpaired) electrons. The predicted molar refractivity (Wildman–Crippen MR) is 72.4 cm³/mol. The van der Waals surface area contributed by atoms with Gasteiger partial charge in [-0.15, -0.1) is 0 Å². The molecule has 2 aromatic heterocycles. The van der Waals surface area contributed by atoms with Crippen LogP contribution in [-0.2, 0) is 4.79 Å². The summed E-state index contributed by atoms with van der Waals surface area (Å²) < 4.78 is 10.1. The van der Waals surface area contributed by atoms with Crippen LogP contribution >= 0.6 is 0 Å². The number of hydrogen-bond donors (Lipinski definition) is 0. The maximum Gasteiger partial charge on any atom is 0.298 e. The molecule has 0 N–H and O–H groups in total. The lowest BCUT2D eigenvalue weighted by Crippen LogP contribution is -2.05. The number of rotatable bonds is 3. The summed E-state index contributed by atoms with van der Waals surface area (Å²) in [4.78, 5) is 26.8. The zero-order valence-electron chi connectivity index (χ0n) is 10.3. The van der Waals surface area contributed by atoms with Gasteiger partial charge in [0.1, 0.15) is 17.6 Å². The Morgan fingerprint density at radius 3 is 2.85 bits per heavy atom. The average Bonchev–Trinajstić information content (AvgIpc) is 2.49. The second-order valence-corrected chi connectivity index (χ2v) is 4.07. The van der Waals surface area contributed by atoms with Crippen LogP contribution in [0.2, 0.25) is 0 Å². The molecule has 98 valence electrons. The van der Waals surface area contributed by atoms with Gasteiger partial charge in [-0.2, -0.15) is 0 Å². The lowest BCUT2D eigenvalue weighted by Gasteiger charge is -2.03. The van der Waals surface area contributed by atoms with E-state index in [2.05, 4.69) is 4.98 Å². The normalized spacial score (nSPS) is 10.4. The van der Waals surface area contributed by atoms with Crippen molar-refractivity contribution in [3.05, 3.63) is 59.1 Å². The van der Waals surface area contributed by atoms with Gasteiger partial charge in [-0.3, -0.25) is 14.6 Å². The van der Waals surface area contributed by atoms with Crippen molar-refractivity contribution in [1.82, 2.24) is 4.98 Å². The quantitative estimate of drug-likeness (QED) is 0.681. The molecule has 0 aliphatic rings. The molecule has 1 aromatic carbocycles.